The van der Waals surface area contributed by atoms with E-state index in [2.05, 4.69) is 15.6 Å². The van der Waals surface area contributed by atoms with Gasteiger partial charge in [0.05, 0.1) is 30.4 Å². The van der Waals surface area contributed by atoms with Crippen LogP contribution in [0.5, 0.6) is 5.75 Å². The lowest BCUT2D eigenvalue weighted by Crippen LogP contribution is -2.36. The molecule has 0 radical (unpaired) electrons. The zero-order chi connectivity index (χ0) is 27.7. The van der Waals surface area contributed by atoms with Crippen molar-refractivity contribution in [3.8, 4) is 5.75 Å². The number of carbonyl (C=O) groups is 1. The van der Waals surface area contributed by atoms with Crippen LogP contribution in [-0.4, -0.2) is 61.9 Å². The molecule has 1 aliphatic heterocycles. The van der Waals surface area contributed by atoms with Crippen LogP contribution in [-0.2, 0) is 17.7 Å². The van der Waals surface area contributed by atoms with Crippen molar-refractivity contribution in [3.63, 3.8) is 0 Å². The summed E-state index contributed by atoms with van der Waals surface area (Å²) in [7, 11) is 1.68. The molecule has 0 saturated heterocycles. The minimum atomic E-state index is -0.627. The van der Waals surface area contributed by atoms with Crippen LogP contribution in [0, 0.1) is 19.8 Å². The first kappa shape index (κ1) is 27.6. The van der Waals surface area contributed by atoms with Gasteiger partial charge in [-0.3, -0.25) is 10.3 Å². The highest BCUT2D eigenvalue weighted by Crippen LogP contribution is 2.37. The Morgan fingerprint density at radius 1 is 1.23 bits per heavy atom. The van der Waals surface area contributed by atoms with Gasteiger partial charge in [-0.15, -0.1) is 11.8 Å². The first-order valence-electron chi connectivity index (χ1n) is 13.7. The van der Waals surface area contributed by atoms with E-state index in [1.54, 1.807) is 18.9 Å². The molecule has 2 aliphatic rings. The third-order valence-corrected chi connectivity index (χ3v) is 8.53. The van der Waals surface area contributed by atoms with Gasteiger partial charge in [0.1, 0.15) is 16.4 Å². The maximum absolute atomic E-state index is 12.6. The summed E-state index contributed by atoms with van der Waals surface area (Å²) in [5.41, 5.74) is 3.88. The Morgan fingerprint density at radius 2 is 2.03 bits per heavy atom. The molecule has 5 rings (SSSR count). The number of aromatic nitrogens is 5. The summed E-state index contributed by atoms with van der Waals surface area (Å²) in [5, 5.41) is 13.3. The standard InChI is InChI=1S/C28H39N7O3S/c1-16-13-30-21(17(2)23(16)37-6)14-35-24-22-20(34-35)12-18(10-11-29-19-8-7-9-19)15-39-25(22)32-26(31-24)33-27(36)38-28(3,4)5/h13,18-19,29H,7-12,14-15H2,1-6H3,(H,31,32,33,36). The lowest BCUT2D eigenvalue weighted by atomic mass is 9.92. The predicted molar refractivity (Wildman–Crippen MR) is 153 cm³/mol. The summed E-state index contributed by atoms with van der Waals surface area (Å²) < 4.78 is 13.0. The third kappa shape index (κ3) is 6.30. The summed E-state index contributed by atoms with van der Waals surface area (Å²) in [6, 6.07) is 0.682. The Morgan fingerprint density at radius 3 is 2.72 bits per heavy atom. The molecule has 1 fully saturated rings. The van der Waals surface area contributed by atoms with E-state index in [9.17, 15) is 4.79 Å². The molecule has 210 valence electrons. The van der Waals surface area contributed by atoms with Gasteiger partial charge in [0.25, 0.3) is 0 Å². The van der Waals surface area contributed by atoms with Crippen molar-refractivity contribution < 1.29 is 14.3 Å². The van der Waals surface area contributed by atoms with Gasteiger partial charge in [0, 0.05) is 29.1 Å². The van der Waals surface area contributed by atoms with Gasteiger partial charge in [-0.2, -0.15) is 10.1 Å². The number of thioether (sulfide) groups is 1. The summed E-state index contributed by atoms with van der Waals surface area (Å²) in [6.45, 7) is 10.9. The summed E-state index contributed by atoms with van der Waals surface area (Å²) in [6.07, 6.45) is 7.10. The highest BCUT2D eigenvalue weighted by Gasteiger charge is 2.28. The molecule has 0 bridgehead atoms. The molecule has 3 aromatic heterocycles. The first-order valence-corrected chi connectivity index (χ1v) is 14.7. The van der Waals surface area contributed by atoms with Crippen LogP contribution >= 0.6 is 11.8 Å². The Balaban J connectivity index is 1.47. The normalized spacial score (nSPS) is 17.5. The van der Waals surface area contributed by atoms with Crippen molar-refractivity contribution in [2.45, 2.75) is 89.9 Å². The third-order valence-electron chi connectivity index (χ3n) is 7.32. The van der Waals surface area contributed by atoms with Crippen LogP contribution < -0.4 is 15.4 Å². The highest BCUT2D eigenvalue weighted by molar-refractivity contribution is 7.99. The van der Waals surface area contributed by atoms with Gasteiger partial charge in [-0.1, -0.05) is 6.42 Å². The van der Waals surface area contributed by atoms with E-state index < -0.39 is 11.7 Å². The molecule has 1 amide bonds. The topological polar surface area (TPSA) is 116 Å². The molecule has 11 heteroatoms. The molecule has 2 N–H and O–H groups in total. The van der Waals surface area contributed by atoms with Gasteiger partial charge in [-0.25, -0.2) is 14.5 Å². The van der Waals surface area contributed by atoms with Gasteiger partial charge >= 0.3 is 6.09 Å². The Kier molecular flexibility index (Phi) is 8.00. The number of aryl methyl sites for hydroxylation is 1. The van der Waals surface area contributed by atoms with Crippen LogP contribution in [0.4, 0.5) is 10.7 Å². The number of amides is 1. The molecule has 3 aromatic rings. The second-order valence-electron chi connectivity index (χ2n) is 11.6. The van der Waals surface area contributed by atoms with E-state index in [0.717, 1.165) is 63.8 Å². The molecule has 1 unspecified atom stereocenters. The molecular weight excluding hydrogens is 514 g/mol. The number of rotatable bonds is 8. The van der Waals surface area contributed by atoms with Gasteiger partial charge < -0.3 is 14.8 Å². The van der Waals surface area contributed by atoms with E-state index in [-0.39, 0.29) is 5.95 Å². The highest BCUT2D eigenvalue weighted by atomic mass is 32.2. The fourth-order valence-electron chi connectivity index (χ4n) is 5.11. The summed E-state index contributed by atoms with van der Waals surface area (Å²) in [5.74, 6) is 2.44. The second-order valence-corrected chi connectivity index (χ2v) is 12.6. The van der Waals surface area contributed by atoms with E-state index in [1.165, 1.54) is 19.3 Å². The Hall–Kier alpha value is -2.92. The quantitative estimate of drug-likeness (QED) is 0.370. The Labute approximate surface area is 234 Å². The van der Waals surface area contributed by atoms with E-state index >= 15 is 0 Å². The predicted octanol–water partition coefficient (Wildman–Crippen LogP) is 5.04. The number of nitrogens with one attached hydrogen (secondary N) is 2. The van der Waals surface area contributed by atoms with Crippen molar-refractivity contribution in [2.24, 2.45) is 5.92 Å². The average molecular weight is 554 g/mol. The van der Waals surface area contributed by atoms with Gasteiger partial charge in [0.2, 0.25) is 5.95 Å². The van der Waals surface area contributed by atoms with Crippen molar-refractivity contribution in [1.82, 2.24) is 30.0 Å². The number of hydrogen-bond acceptors (Lipinski definition) is 9. The lowest BCUT2D eigenvalue weighted by Gasteiger charge is -2.27. The van der Waals surface area contributed by atoms with Crippen LogP contribution in [0.2, 0.25) is 0 Å². The average Bonchev–Trinajstić information content (AvgIpc) is 3.05. The molecule has 0 spiro atoms. The fourth-order valence-corrected chi connectivity index (χ4v) is 6.29. The Bertz CT molecular complexity index is 1360. The molecule has 10 nitrogen and oxygen atoms in total. The van der Waals surface area contributed by atoms with Crippen LogP contribution in [0.25, 0.3) is 11.0 Å². The van der Waals surface area contributed by atoms with Gasteiger partial charge in [0.15, 0.2) is 5.65 Å². The molecule has 1 saturated carbocycles. The van der Waals surface area contributed by atoms with Gasteiger partial charge in [-0.05, 0) is 72.8 Å². The maximum atomic E-state index is 12.6. The molecule has 0 aromatic carbocycles. The zero-order valence-corrected chi connectivity index (χ0v) is 24.6. The lowest BCUT2D eigenvalue weighted by molar-refractivity contribution is 0.0634. The largest absolute Gasteiger partial charge is 0.496 e. The van der Waals surface area contributed by atoms with Crippen LogP contribution in [0.3, 0.4) is 0 Å². The number of ether oxygens (including phenoxy) is 2. The van der Waals surface area contributed by atoms with E-state index in [0.29, 0.717) is 24.2 Å². The fraction of sp³-hybridized carbons (Fsp3) is 0.607. The number of hydrogen-bond donors (Lipinski definition) is 2. The zero-order valence-electron chi connectivity index (χ0n) is 23.8. The molecule has 1 atom stereocenters. The van der Waals surface area contributed by atoms with E-state index in [4.69, 9.17) is 24.5 Å². The number of carbonyl (C=O) groups excluding carboxylic acids is 1. The first-order chi connectivity index (χ1) is 18.6. The molecule has 39 heavy (non-hydrogen) atoms. The SMILES string of the molecule is COc1c(C)cnc(Cn2nc3c4c(nc(NC(=O)OC(C)(C)C)nc42)SCC(CCNC2CCC2)C3)c1C. The van der Waals surface area contributed by atoms with Crippen LogP contribution in [0.15, 0.2) is 11.2 Å². The smallest absolute Gasteiger partial charge is 0.414 e. The minimum absolute atomic E-state index is 0.211. The van der Waals surface area contributed by atoms with Crippen molar-refractivity contribution >= 4 is 34.8 Å². The maximum Gasteiger partial charge on any atom is 0.414 e. The number of nitrogens with zero attached hydrogens (tertiary/aromatic N) is 5. The summed E-state index contributed by atoms with van der Waals surface area (Å²) in [4.78, 5) is 26.7. The number of methoxy groups -OCH3 is 1. The second kappa shape index (κ2) is 11.3. The van der Waals surface area contributed by atoms with Crippen molar-refractivity contribution in [2.75, 3.05) is 24.7 Å². The van der Waals surface area contributed by atoms with Crippen molar-refractivity contribution in [3.05, 3.63) is 28.7 Å². The minimum Gasteiger partial charge on any atom is -0.496 e. The molecule has 1 aliphatic carbocycles. The monoisotopic (exact) mass is 553 g/mol. The molecule has 4 heterocycles. The van der Waals surface area contributed by atoms with Crippen LogP contribution in [0.1, 0.15) is 69.0 Å². The van der Waals surface area contributed by atoms with Crippen molar-refractivity contribution in [1.29, 1.82) is 0 Å². The number of anilines is 1. The molecular formula is C28H39N7O3S. The number of pyridine rings is 1. The summed E-state index contributed by atoms with van der Waals surface area (Å²) >= 11 is 1.71. The van der Waals surface area contributed by atoms with E-state index in [1.807, 2.05) is 45.5 Å².